The van der Waals surface area contributed by atoms with E-state index in [1.165, 1.54) is 30.7 Å². The second-order valence-corrected chi connectivity index (χ2v) is 4.19. The molecule has 0 heterocycles. The number of halogens is 4. The molecule has 0 atom stereocenters. The van der Waals surface area contributed by atoms with Gasteiger partial charge in [-0.2, -0.15) is 0 Å². The fourth-order valence-electron chi connectivity index (χ4n) is 1.43. The molecular formula is C13H7Cl2F2. The molecule has 2 aromatic carbocycles. The van der Waals surface area contributed by atoms with Crippen molar-refractivity contribution in [2.75, 3.05) is 0 Å². The van der Waals surface area contributed by atoms with Gasteiger partial charge < -0.3 is 0 Å². The number of hydrogen-bond donors (Lipinski definition) is 0. The summed E-state index contributed by atoms with van der Waals surface area (Å²) in [5.41, 5.74) is 0.915. The lowest BCUT2D eigenvalue weighted by Gasteiger charge is -2.07. The SMILES string of the molecule is Fc1cccc([CH]c2cccc(F)c2Cl)c1Cl. The highest BCUT2D eigenvalue weighted by Gasteiger charge is 2.10. The predicted molar refractivity (Wildman–Crippen MR) is 65.3 cm³/mol. The first-order chi connectivity index (χ1) is 8.09. The maximum atomic E-state index is 13.2. The van der Waals surface area contributed by atoms with Crippen LogP contribution in [0.25, 0.3) is 0 Å². The Morgan fingerprint density at radius 2 is 1.18 bits per heavy atom. The Labute approximate surface area is 108 Å². The summed E-state index contributed by atoms with van der Waals surface area (Å²) < 4.78 is 26.4. The molecule has 0 aliphatic carbocycles. The molecule has 0 nitrogen and oxygen atoms in total. The zero-order chi connectivity index (χ0) is 12.4. The Morgan fingerprint density at radius 3 is 1.59 bits per heavy atom. The smallest absolute Gasteiger partial charge is 0.142 e. The minimum atomic E-state index is -0.520. The molecule has 2 rings (SSSR count). The molecule has 2 aromatic rings. The summed E-state index contributed by atoms with van der Waals surface area (Å²) in [7, 11) is 0. The Hall–Kier alpha value is -1.12. The average Bonchev–Trinajstić information content (AvgIpc) is 2.31. The van der Waals surface area contributed by atoms with Crippen LogP contribution in [-0.4, -0.2) is 0 Å². The lowest BCUT2D eigenvalue weighted by molar-refractivity contribution is 0.626. The van der Waals surface area contributed by atoms with Crippen molar-refractivity contribution in [3.05, 3.63) is 75.6 Å². The van der Waals surface area contributed by atoms with Gasteiger partial charge >= 0.3 is 0 Å². The maximum absolute atomic E-state index is 13.2. The second-order valence-electron chi connectivity index (χ2n) is 3.43. The van der Waals surface area contributed by atoms with Crippen LogP contribution in [0.3, 0.4) is 0 Å². The quantitative estimate of drug-likeness (QED) is 0.731. The van der Waals surface area contributed by atoms with E-state index in [1.54, 1.807) is 12.1 Å². The van der Waals surface area contributed by atoms with Gasteiger partial charge in [0.15, 0.2) is 0 Å². The van der Waals surface area contributed by atoms with Gasteiger partial charge in [0.25, 0.3) is 0 Å². The molecule has 0 spiro atoms. The normalized spacial score (nSPS) is 10.6. The second kappa shape index (κ2) is 5.03. The third-order valence-electron chi connectivity index (χ3n) is 2.27. The summed E-state index contributed by atoms with van der Waals surface area (Å²) in [5.74, 6) is -1.04. The van der Waals surface area contributed by atoms with E-state index in [-0.39, 0.29) is 10.0 Å². The van der Waals surface area contributed by atoms with Gasteiger partial charge in [0.2, 0.25) is 0 Å². The van der Waals surface area contributed by atoms with Crippen LogP contribution in [-0.2, 0) is 0 Å². The molecule has 17 heavy (non-hydrogen) atoms. The van der Waals surface area contributed by atoms with Crippen LogP contribution in [0.1, 0.15) is 11.1 Å². The van der Waals surface area contributed by atoms with E-state index in [4.69, 9.17) is 23.2 Å². The van der Waals surface area contributed by atoms with Crippen LogP contribution in [0, 0.1) is 18.1 Å². The molecule has 87 valence electrons. The largest absolute Gasteiger partial charge is 0.205 e. The van der Waals surface area contributed by atoms with Crippen molar-refractivity contribution >= 4 is 23.2 Å². The number of benzene rings is 2. The standard InChI is InChI=1S/C13H7Cl2F2/c14-12-8(3-1-5-10(12)16)7-9-4-2-6-11(17)13(9)15/h1-7H. The molecule has 0 aromatic heterocycles. The van der Waals surface area contributed by atoms with E-state index >= 15 is 0 Å². The molecule has 0 unspecified atom stereocenters. The van der Waals surface area contributed by atoms with Gasteiger partial charge in [0.1, 0.15) is 11.6 Å². The van der Waals surface area contributed by atoms with Crippen molar-refractivity contribution < 1.29 is 8.78 Å². The van der Waals surface area contributed by atoms with E-state index in [0.29, 0.717) is 11.1 Å². The van der Waals surface area contributed by atoms with Gasteiger partial charge in [0.05, 0.1) is 10.0 Å². The van der Waals surface area contributed by atoms with E-state index in [1.807, 2.05) is 0 Å². The molecule has 0 saturated carbocycles. The molecule has 0 amide bonds. The van der Waals surface area contributed by atoms with E-state index < -0.39 is 11.6 Å². The molecule has 0 saturated heterocycles. The van der Waals surface area contributed by atoms with E-state index in [0.717, 1.165) is 0 Å². The minimum Gasteiger partial charge on any atom is -0.205 e. The van der Waals surface area contributed by atoms with Crippen molar-refractivity contribution in [1.82, 2.24) is 0 Å². The zero-order valence-corrected chi connectivity index (χ0v) is 10.1. The Balaban J connectivity index is 2.38. The fourth-order valence-corrected chi connectivity index (χ4v) is 1.79. The van der Waals surface area contributed by atoms with Gasteiger partial charge in [0, 0.05) is 6.42 Å². The summed E-state index contributed by atoms with van der Waals surface area (Å²) in [6, 6.07) is 8.83. The van der Waals surface area contributed by atoms with Crippen molar-refractivity contribution in [2.45, 2.75) is 0 Å². The summed E-state index contributed by atoms with van der Waals surface area (Å²) in [6.45, 7) is 0. The minimum absolute atomic E-state index is 0.00664. The molecule has 0 aliphatic rings. The highest BCUT2D eigenvalue weighted by atomic mass is 35.5. The van der Waals surface area contributed by atoms with Crippen molar-refractivity contribution in [3.63, 3.8) is 0 Å². The molecular weight excluding hydrogens is 265 g/mol. The number of hydrogen-bond acceptors (Lipinski definition) is 0. The van der Waals surface area contributed by atoms with E-state index in [2.05, 4.69) is 0 Å². The van der Waals surface area contributed by atoms with Crippen molar-refractivity contribution in [2.24, 2.45) is 0 Å². The summed E-state index contributed by atoms with van der Waals surface area (Å²) in [6.07, 6.45) is 1.54. The Morgan fingerprint density at radius 1 is 0.765 bits per heavy atom. The molecule has 0 N–H and O–H groups in total. The molecule has 4 heteroatoms. The van der Waals surface area contributed by atoms with Gasteiger partial charge in [-0.05, 0) is 23.3 Å². The number of rotatable bonds is 2. The third kappa shape index (κ3) is 2.59. The van der Waals surface area contributed by atoms with Crippen LogP contribution in [0.5, 0.6) is 0 Å². The summed E-state index contributed by atoms with van der Waals surface area (Å²) >= 11 is 11.6. The summed E-state index contributed by atoms with van der Waals surface area (Å²) in [5, 5.41) is -0.0133. The Bertz CT molecular complexity index is 504. The molecule has 1 radical (unpaired) electrons. The molecule has 0 bridgehead atoms. The zero-order valence-electron chi connectivity index (χ0n) is 8.55. The predicted octanol–water partition coefficient (Wildman–Crippen LogP) is 4.87. The fraction of sp³-hybridized carbons (Fsp3) is 0. The third-order valence-corrected chi connectivity index (χ3v) is 3.07. The highest BCUT2D eigenvalue weighted by Crippen LogP contribution is 2.28. The summed E-state index contributed by atoms with van der Waals surface area (Å²) in [4.78, 5) is 0. The molecule has 0 fully saturated rings. The first-order valence-corrected chi connectivity index (χ1v) is 5.58. The van der Waals surface area contributed by atoms with Crippen molar-refractivity contribution in [3.8, 4) is 0 Å². The van der Waals surface area contributed by atoms with E-state index in [9.17, 15) is 8.78 Å². The lowest BCUT2D eigenvalue weighted by atomic mass is 10.0. The Kier molecular flexibility index (Phi) is 3.65. The van der Waals surface area contributed by atoms with Crippen molar-refractivity contribution in [1.29, 1.82) is 0 Å². The topological polar surface area (TPSA) is 0 Å². The first kappa shape index (κ1) is 12.3. The lowest BCUT2D eigenvalue weighted by Crippen LogP contribution is -1.91. The van der Waals surface area contributed by atoms with Gasteiger partial charge in [-0.15, -0.1) is 0 Å². The van der Waals surface area contributed by atoms with Crippen LogP contribution in [0.15, 0.2) is 36.4 Å². The maximum Gasteiger partial charge on any atom is 0.142 e. The van der Waals surface area contributed by atoms with Crippen LogP contribution in [0.4, 0.5) is 8.78 Å². The average molecular weight is 272 g/mol. The van der Waals surface area contributed by atoms with Crippen LogP contribution < -0.4 is 0 Å². The molecule has 0 aliphatic heterocycles. The van der Waals surface area contributed by atoms with Gasteiger partial charge in [-0.3, -0.25) is 0 Å². The van der Waals surface area contributed by atoms with Gasteiger partial charge in [-0.25, -0.2) is 8.78 Å². The highest BCUT2D eigenvalue weighted by molar-refractivity contribution is 6.32. The van der Waals surface area contributed by atoms with Crippen LogP contribution >= 0.6 is 23.2 Å². The van der Waals surface area contributed by atoms with Gasteiger partial charge in [-0.1, -0.05) is 47.5 Å². The van der Waals surface area contributed by atoms with Crippen LogP contribution in [0.2, 0.25) is 10.0 Å². The first-order valence-electron chi connectivity index (χ1n) is 4.82. The monoisotopic (exact) mass is 271 g/mol.